The number of hydrogen-bond donors (Lipinski definition) is 0. The van der Waals surface area contributed by atoms with Crippen LogP contribution in [0.25, 0.3) is 0 Å². The molecule has 1 heterocycles. The molecule has 4 aromatic carbocycles. The Hall–Kier alpha value is -4.70. The Morgan fingerprint density at radius 2 is 0.585 bits per heavy atom. The van der Waals surface area contributed by atoms with Crippen molar-refractivity contribution in [3.05, 3.63) is 115 Å². The van der Waals surface area contributed by atoms with Crippen LogP contribution in [0.4, 0.5) is 0 Å². The van der Waals surface area contributed by atoms with Gasteiger partial charge in [-0.3, -0.25) is 9.59 Å². The second kappa shape index (κ2) is 20.0. The Kier molecular flexibility index (Phi) is 15.3. The molecule has 9 heteroatoms. The molecule has 6 rings (SSSR count). The van der Waals surface area contributed by atoms with Gasteiger partial charge in [-0.2, -0.15) is 0 Å². The Bertz CT molecular complexity index is 2100. The molecular formula is C56H74O9. The van der Waals surface area contributed by atoms with Crippen molar-refractivity contribution in [3.8, 4) is 23.0 Å². The molecule has 10 bridgehead atoms. The lowest BCUT2D eigenvalue weighted by Crippen LogP contribution is -2.19. The van der Waals surface area contributed by atoms with E-state index in [1.165, 1.54) is 13.8 Å². The van der Waals surface area contributed by atoms with E-state index in [9.17, 15) is 9.59 Å². The van der Waals surface area contributed by atoms with Gasteiger partial charge in [0.15, 0.2) is 0 Å². The molecule has 352 valence electrons. The highest BCUT2D eigenvalue weighted by atomic mass is 16.6. The van der Waals surface area contributed by atoms with E-state index in [4.69, 9.17) is 33.2 Å². The van der Waals surface area contributed by atoms with Crippen LogP contribution in [-0.4, -0.2) is 64.8 Å². The minimum absolute atomic E-state index is 0.238. The number of hydrogen-bond acceptors (Lipinski definition) is 9. The number of esters is 2. The van der Waals surface area contributed by atoms with Crippen LogP contribution in [0.5, 0.6) is 23.0 Å². The van der Waals surface area contributed by atoms with Gasteiger partial charge < -0.3 is 33.2 Å². The molecule has 0 atom stereocenters. The summed E-state index contributed by atoms with van der Waals surface area (Å²) < 4.78 is 44.4. The monoisotopic (exact) mass is 891 g/mol. The molecule has 0 spiro atoms. The normalized spacial score (nSPS) is 15.9. The summed E-state index contributed by atoms with van der Waals surface area (Å²) in [6.07, 6.45) is 1.66. The first-order chi connectivity index (χ1) is 30.4. The number of fused-ring (bicyclic) bond motifs is 2. The van der Waals surface area contributed by atoms with Gasteiger partial charge in [0.25, 0.3) is 0 Å². The highest BCUT2D eigenvalue weighted by molar-refractivity contribution is 5.72. The number of carbonyl (C=O) groups is 2. The van der Waals surface area contributed by atoms with E-state index in [1.807, 2.05) is 0 Å². The summed E-state index contributed by atoms with van der Waals surface area (Å²) >= 11 is 0. The van der Waals surface area contributed by atoms with Crippen LogP contribution >= 0.6 is 0 Å². The minimum Gasteiger partial charge on any atom is -0.491 e. The van der Waals surface area contributed by atoms with Gasteiger partial charge in [0.05, 0.1) is 39.6 Å². The first-order valence-electron chi connectivity index (χ1n) is 23.4. The Labute approximate surface area is 388 Å². The summed E-state index contributed by atoms with van der Waals surface area (Å²) in [5.41, 5.74) is 10.9. The zero-order valence-electron chi connectivity index (χ0n) is 41.8. The van der Waals surface area contributed by atoms with Gasteiger partial charge in [0, 0.05) is 61.8 Å². The van der Waals surface area contributed by atoms with Crippen LogP contribution in [0.1, 0.15) is 164 Å². The van der Waals surface area contributed by atoms with E-state index < -0.39 is 11.9 Å². The molecule has 1 aliphatic heterocycles. The maximum Gasteiger partial charge on any atom is 0.308 e. The lowest BCUT2D eigenvalue weighted by Gasteiger charge is -2.29. The average Bonchev–Trinajstić information content (AvgIpc) is 3.17. The van der Waals surface area contributed by atoms with Gasteiger partial charge >= 0.3 is 11.9 Å². The van der Waals surface area contributed by atoms with E-state index in [0.29, 0.717) is 90.0 Å². The molecule has 0 saturated heterocycles. The predicted octanol–water partition coefficient (Wildman–Crippen LogP) is 11.2. The summed E-state index contributed by atoms with van der Waals surface area (Å²) in [4.78, 5) is 26.5. The van der Waals surface area contributed by atoms with Crippen molar-refractivity contribution in [2.75, 3.05) is 52.9 Å². The van der Waals surface area contributed by atoms with Crippen LogP contribution in [0.3, 0.4) is 0 Å². The van der Waals surface area contributed by atoms with E-state index in [0.717, 1.165) is 78.3 Å². The summed E-state index contributed by atoms with van der Waals surface area (Å²) in [6.45, 7) is 32.5. The third-order valence-corrected chi connectivity index (χ3v) is 12.1. The molecule has 0 radical (unpaired) electrons. The van der Waals surface area contributed by atoms with Crippen LogP contribution in [0.15, 0.2) is 48.5 Å². The van der Waals surface area contributed by atoms with Crippen LogP contribution in [-0.2, 0) is 71.1 Å². The van der Waals surface area contributed by atoms with E-state index >= 15 is 0 Å². The van der Waals surface area contributed by atoms with Crippen LogP contribution in [0, 0.1) is 0 Å². The molecule has 0 amide bonds. The van der Waals surface area contributed by atoms with Gasteiger partial charge in [0.1, 0.15) is 36.2 Å². The van der Waals surface area contributed by atoms with Crippen molar-refractivity contribution < 1.29 is 42.7 Å². The molecule has 0 unspecified atom stereocenters. The van der Waals surface area contributed by atoms with E-state index in [-0.39, 0.29) is 21.7 Å². The number of rotatable bonds is 2. The smallest absolute Gasteiger partial charge is 0.308 e. The van der Waals surface area contributed by atoms with Crippen molar-refractivity contribution in [1.82, 2.24) is 0 Å². The maximum atomic E-state index is 13.2. The second-order valence-corrected chi connectivity index (χ2v) is 21.9. The fourth-order valence-corrected chi connectivity index (χ4v) is 8.49. The largest absolute Gasteiger partial charge is 0.491 e. The quantitative estimate of drug-likeness (QED) is 0.127. The molecular weight excluding hydrogens is 817 g/mol. The predicted molar refractivity (Wildman–Crippen MR) is 258 cm³/mol. The van der Waals surface area contributed by atoms with Crippen LogP contribution in [0.2, 0.25) is 0 Å². The van der Waals surface area contributed by atoms with Crippen LogP contribution < -0.4 is 18.9 Å². The fourth-order valence-electron chi connectivity index (χ4n) is 8.49. The first-order valence-corrected chi connectivity index (χ1v) is 23.4. The Morgan fingerprint density at radius 3 is 0.800 bits per heavy atom. The summed E-state index contributed by atoms with van der Waals surface area (Å²) in [6, 6.07) is 17.8. The zero-order valence-corrected chi connectivity index (χ0v) is 41.8. The third-order valence-electron chi connectivity index (χ3n) is 12.1. The molecule has 65 heavy (non-hydrogen) atoms. The lowest BCUT2D eigenvalue weighted by atomic mass is 9.79. The standard InChI is InChI=1S/C56H74O9/c1-35(57)64-51-41-23-37-27-45(53(3,4)5)29-39-25-43-33-48(56(12,13)14)34-44(52(43)65-36(2)58)26-40-30-46(54(6,7)8)28-38(24-42(51)32-47(31-41)55(9,10)11)50(40)63-22-20-61-18-16-59-15-17-60-19-21-62-49(37)39/h27-34H,15-26H2,1-14H3. The molecule has 1 aliphatic carbocycles. The van der Waals surface area contributed by atoms with Crippen molar-refractivity contribution in [3.63, 3.8) is 0 Å². The summed E-state index contributed by atoms with van der Waals surface area (Å²) in [5, 5.41) is 0. The average molecular weight is 891 g/mol. The fraction of sp³-hybridized carbons (Fsp3) is 0.536. The topological polar surface area (TPSA) is 98.8 Å². The van der Waals surface area contributed by atoms with Gasteiger partial charge in [-0.15, -0.1) is 0 Å². The summed E-state index contributed by atoms with van der Waals surface area (Å²) in [7, 11) is 0. The SMILES string of the molecule is CC(=O)Oc1c2cc(C(C)(C)C)cc1Cc1cc(C(C)(C)C)cc3c1OCCOCCOCCOCCOc1c(cc(C(C)(C)C)cc1Cc1cc(C(C)(C)C)cc(c1OC(C)=O)C3)C2. The molecule has 0 aromatic heterocycles. The molecule has 2 aliphatic rings. The lowest BCUT2D eigenvalue weighted by molar-refractivity contribution is -0.132. The molecule has 0 fully saturated rings. The third kappa shape index (κ3) is 12.8. The second-order valence-electron chi connectivity index (χ2n) is 21.9. The van der Waals surface area contributed by atoms with Crippen molar-refractivity contribution in [2.24, 2.45) is 0 Å². The van der Waals surface area contributed by atoms with Gasteiger partial charge in [-0.1, -0.05) is 132 Å². The van der Waals surface area contributed by atoms with Gasteiger partial charge in [0.2, 0.25) is 0 Å². The van der Waals surface area contributed by atoms with Gasteiger partial charge in [-0.25, -0.2) is 0 Å². The number of benzene rings is 4. The van der Waals surface area contributed by atoms with Crippen molar-refractivity contribution >= 4 is 11.9 Å². The van der Waals surface area contributed by atoms with E-state index in [2.05, 4.69) is 132 Å². The highest BCUT2D eigenvalue weighted by Crippen LogP contribution is 2.44. The van der Waals surface area contributed by atoms with Crippen molar-refractivity contribution in [2.45, 2.75) is 144 Å². The highest BCUT2D eigenvalue weighted by Gasteiger charge is 2.30. The maximum absolute atomic E-state index is 13.2. The molecule has 0 saturated carbocycles. The zero-order chi connectivity index (χ0) is 47.5. The van der Waals surface area contributed by atoms with E-state index in [1.54, 1.807) is 0 Å². The molecule has 4 aromatic rings. The Morgan fingerprint density at radius 1 is 0.369 bits per heavy atom. The molecule has 0 N–H and O–H groups in total. The molecule has 9 nitrogen and oxygen atoms in total. The first kappa shape index (κ1) is 49.7. The minimum atomic E-state index is -0.391. The van der Waals surface area contributed by atoms with Crippen molar-refractivity contribution in [1.29, 1.82) is 0 Å². The van der Waals surface area contributed by atoms with Gasteiger partial charge in [-0.05, 0) is 66.2 Å². The summed E-state index contributed by atoms with van der Waals surface area (Å²) in [5.74, 6) is 1.77. The Balaban J connectivity index is 1.80. The number of ether oxygens (including phenoxy) is 7. The number of carbonyl (C=O) groups excluding carboxylic acids is 2.